The maximum Gasteiger partial charge on any atom is 0.152 e. The molecule has 7 heteroatoms. The molecule has 2 rings (SSSR count). The van der Waals surface area contributed by atoms with Crippen LogP contribution in [0.15, 0.2) is 24.3 Å². The molecule has 2 N–H and O–H groups in total. The van der Waals surface area contributed by atoms with E-state index in [0.717, 1.165) is 5.56 Å². The van der Waals surface area contributed by atoms with Gasteiger partial charge in [-0.2, -0.15) is 0 Å². The Kier molecular flexibility index (Phi) is 4.28. The average Bonchev–Trinajstić information content (AvgIpc) is 3.10. The first-order valence-electron chi connectivity index (χ1n) is 6.40. The van der Waals surface area contributed by atoms with Crippen LogP contribution in [0.4, 0.5) is 0 Å². The molecule has 1 aromatic rings. The lowest BCUT2D eigenvalue weighted by atomic mass is 10.00. The second-order valence-electron chi connectivity index (χ2n) is 5.34. The topological polar surface area (TPSA) is 78.6 Å². The Bertz CT molecular complexity index is 641. The fraction of sp³-hybridized carbons (Fsp3) is 0.500. The van der Waals surface area contributed by atoms with E-state index in [-0.39, 0.29) is 17.5 Å². The Morgan fingerprint density at radius 3 is 2.29 bits per heavy atom. The van der Waals surface area contributed by atoms with Crippen molar-refractivity contribution in [2.24, 2.45) is 11.1 Å². The number of thiocarbonyl (C=S) groups is 1. The maximum absolute atomic E-state index is 12.1. The predicted octanol–water partition coefficient (Wildman–Crippen LogP) is 1.12. The lowest BCUT2D eigenvalue weighted by Crippen LogP contribution is -2.32. The van der Waals surface area contributed by atoms with Crippen LogP contribution in [0.1, 0.15) is 11.5 Å². The molecule has 116 valence electrons. The highest BCUT2D eigenvalue weighted by molar-refractivity contribution is 7.92. The van der Waals surface area contributed by atoms with E-state index in [0.29, 0.717) is 5.75 Å². The fourth-order valence-electron chi connectivity index (χ4n) is 3.09. The standard InChI is InChI=1S/C14H19NO4S2/c1-18-8-14(13(15)20)11(12(14)21(3,16)17)9-4-6-10(19-2)7-5-9/h4-7,11-12H,8H2,1-3H3,(H2,15,20)/t11-,12-,14-/m0/s1. The molecule has 0 heterocycles. The van der Waals surface area contributed by atoms with Gasteiger partial charge in [0.15, 0.2) is 9.84 Å². The van der Waals surface area contributed by atoms with E-state index < -0.39 is 20.5 Å². The van der Waals surface area contributed by atoms with Crippen LogP contribution in [0.2, 0.25) is 0 Å². The molecule has 0 amide bonds. The smallest absolute Gasteiger partial charge is 0.152 e. The molecule has 1 saturated carbocycles. The van der Waals surface area contributed by atoms with Crippen LogP contribution < -0.4 is 10.5 Å². The summed E-state index contributed by atoms with van der Waals surface area (Å²) >= 11 is 5.14. The first-order chi connectivity index (χ1) is 9.79. The van der Waals surface area contributed by atoms with Gasteiger partial charge < -0.3 is 15.2 Å². The molecule has 1 aliphatic carbocycles. The van der Waals surface area contributed by atoms with Gasteiger partial charge in [0.1, 0.15) is 5.75 Å². The van der Waals surface area contributed by atoms with Gasteiger partial charge in [-0.05, 0) is 17.7 Å². The molecule has 0 bridgehead atoms. The van der Waals surface area contributed by atoms with Gasteiger partial charge in [-0.1, -0.05) is 24.4 Å². The van der Waals surface area contributed by atoms with Crippen LogP contribution in [0, 0.1) is 5.41 Å². The molecule has 0 saturated heterocycles. The van der Waals surface area contributed by atoms with Crippen molar-refractivity contribution in [1.82, 2.24) is 0 Å². The van der Waals surface area contributed by atoms with Crippen LogP contribution in [0.25, 0.3) is 0 Å². The third-order valence-corrected chi connectivity index (χ3v) is 6.03. The molecule has 0 unspecified atom stereocenters. The minimum absolute atomic E-state index is 0.181. The van der Waals surface area contributed by atoms with E-state index >= 15 is 0 Å². The van der Waals surface area contributed by atoms with Gasteiger partial charge >= 0.3 is 0 Å². The monoisotopic (exact) mass is 329 g/mol. The number of benzene rings is 1. The second kappa shape index (κ2) is 5.55. The summed E-state index contributed by atoms with van der Waals surface area (Å²) in [5.41, 5.74) is 5.90. The number of hydrogen-bond acceptors (Lipinski definition) is 5. The third-order valence-electron chi connectivity index (χ3n) is 4.03. The van der Waals surface area contributed by atoms with Gasteiger partial charge in [0.2, 0.25) is 0 Å². The highest BCUT2D eigenvalue weighted by atomic mass is 32.2. The maximum atomic E-state index is 12.1. The summed E-state index contributed by atoms with van der Waals surface area (Å²) in [7, 11) is -0.201. The lowest BCUT2D eigenvalue weighted by Gasteiger charge is -2.15. The van der Waals surface area contributed by atoms with Crippen LogP contribution in [0.5, 0.6) is 5.75 Å². The van der Waals surface area contributed by atoms with Crippen molar-refractivity contribution >= 4 is 27.0 Å². The van der Waals surface area contributed by atoms with Gasteiger partial charge in [-0.15, -0.1) is 0 Å². The summed E-state index contributed by atoms with van der Waals surface area (Å²) in [5, 5.41) is -0.643. The summed E-state index contributed by atoms with van der Waals surface area (Å²) in [5.74, 6) is 0.429. The summed E-state index contributed by atoms with van der Waals surface area (Å²) in [6, 6.07) is 7.28. The van der Waals surface area contributed by atoms with Crippen LogP contribution in [-0.2, 0) is 14.6 Å². The Balaban J connectivity index is 2.46. The molecule has 5 nitrogen and oxygen atoms in total. The zero-order valence-corrected chi connectivity index (χ0v) is 13.8. The first-order valence-corrected chi connectivity index (χ1v) is 8.77. The SMILES string of the molecule is COC[C@]1(C(N)=S)[C@@H](c2ccc(OC)cc2)[C@@H]1S(C)(=O)=O. The van der Waals surface area contributed by atoms with Gasteiger partial charge in [0, 0.05) is 19.3 Å². The molecular weight excluding hydrogens is 310 g/mol. The minimum Gasteiger partial charge on any atom is -0.497 e. The Hall–Kier alpha value is -1.18. The molecular formula is C14H19NO4S2. The Labute approximate surface area is 130 Å². The zero-order valence-electron chi connectivity index (χ0n) is 12.2. The second-order valence-corrected chi connectivity index (χ2v) is 7.95. The molecule has 0 aromatic heterocycles. The highest BCUT2D eigenvalue weighted by Crippen LogP contribution is 2.63. The number of hydrogen-bond donors (Lipinski definition) is 1. The normalized spacial score (nSPS) is 28.1. The van der Waals surface area contributed by atoms with Gasteiger partial charge in [0.25, 0.3) is 0 Å². The van der Waals surface area contributed by atoms with E-state index in [1.807, 2.05) is 12.1 Å². The van der Waals surface area contributed by atoms with Crippen molar-refractivity contribution in [3.63, 3.8) is 0 Å². The molecule has 3 atom stereocenters. The van der Waals surface area contributed by atoms with Crippen molar-refractivity contribution in [3.8, 4) is 5.75 Å². The average molecular weight is 329 g/mol. The van der Waals surface area contributed by atoms with Crippen molar-refractivity contribution in [2.75, 3.05) is 27.1 Å². The number of nitrogens with two attached hydrogens (primary N) is 1. The van der Waals surface area contributed by atoms with E-state index in [2.05, 4.69) is 0 Å². The summed E-state index contributed by atoms with van der Waals surface area (Å²) in [6.45, 7) is 0.191. The fourth-order valence-corrected chi connectivity index (χ4v) is 5.40. The number of rotatable bonds is 6. The van der Waals surface area contributed by atoms with E-state index in [1.165, 1.54) is 13.4 Å². The largest absolute Gasteiger partial charge is 0.497 e. The van der Waals surface area contributed by atoms with Gasteiger partial charge in [0.05, 0.1) is 29.4 Å². The molecule has 1 aromatic carbocycles. The number of methoxy groups -OCH3 is 2. The molecule has 0 spiro atoms. The Morgan fingerprint density at radius 2 is 1.90 bits per heavy atom. The van der Waals surface area contributed by atoms with Crippen molar-refractivity contribution in [3.05, 3.63) is 29.8 Å². The van der Waals surface area contributed by atoms with Crippen LogP contribution >= 0.6 is 12.2 Å². The van der Waals surface area contributed by atoms with Crippen molar-refractivity contribution < 1.29 is 17.9 Å². The summed E-state index contributed by atoms with van der Waals surface area (Å²) in [6.07, 6.45) is 1.21. The minimum atomic E-state index is -3.30. The summed E-state index contributed by atoms with van der Waals surface area (Å²) in [4.78, 5) is 0.181. The number of sulfone groups is 1. The Morgan fingerprint density at radius 1 is 1.33 bits per heavy atom. The zero-order chi connectivity index (χ0) is 15.8. The van der Waals surface area contributed by atoms with E-state index in [1.54, 1.807) is 19.2 Å². The molecule has 1 aliphatic rings. The molecule has 1 fully saturated rings. The highest BCUT2D eigenvalue weighted by Gasteiger charge is 2.71. The van der Waals surface area contributed by atoms with E-state index in [9.17, 15) is 8.42 Å². The van der Waals surface area contributed by atoms with Crippen molar-refractivity contribution in [1.29, 1.82) is 0 Å². The molecule has 21 heavy (non-hydrogen) atoms. The first kappa shape index (κ1) is 16.2. The van der Waals surface area contributed by atoms with Gasteiger partial charge in [-0.25, -0.2) is 8.42 Å². The van der Waals surface area contributed by atoms with Crippen LogP contribution in [0.3, 0.4) is 0 Å². The molecule has 0 radical (unpaired) electrons. The lowest BCUT2D eigenvalue weighted by molar-refractivity contribution is 0.166. The summed E-state index contributed by atoms with van der Waals surface area (Å²) < 4.78 is 34.5. The van der Waals surface area contributed by atoms with Crippen molar-refractivity contribution in [2.45, 2.75) is 11.2 Å². The van der Waals surface area contributed by atoms with E-state index in [4.69, 9.17) is 27.4 Å². The quantitative estimate of drug-likeness (QED) is 0.788. The van der Waals surface area contributed by atoms with Gasteiger partial charge in [-0.3, -0.25) is 0 Å². The van der Waals surface area contributed by atoms with Crippen LogP contribution in [-0.4, -0.2) is 45.7 Å². The predicted molar refractivity (Wildman–Crippen MR) is 85.5 cm³/mol. The third kappa shape index (κ3) is 2.65. The molecule has 0 aliphatic heterocycles. The number of ether oxygens (including phenoxy) is 2.